The molecule has 0 unspecified atom stereocenters. The molecule has 3 aromatic rings. The molecule has 2 aromatic carbocycles. The Morgan fingerprint density at radius 1 is 1.14 bits per heavy atom. The average molecular weight is 410 g/mol. The van der Waals surface area contributed by atoms with E-state index in [1.165, 1.54) is 0 Å². The molecule has 0 spiro atoms. The molecule has 1 amide bonds. The normalized spacial score (nSPS) is 13.0. The first kappa shape index (κ1) is 19.2. The van der Waals surface area contributed by atoms with Gasteiger partial charge in [-0.3, -0.25) is 4.79 Å². The van der Waals surface area contributed by atoms with Gasteiger partial charge in [0.05, 0.1) is 22.0 Å². The van der Waals surface area contributed by atoms with Crippen molar-refractivity contribution in [2.45, 2.75) is 31.1 Å². The van der Waals surface area contributed by atoms with Crippen molar-refractivity contribution in [1.82, 2.24) is 9.78 Å². The van der Waals surface area contributed by atoms with E-state index in [0.29, 0.717) is 24.2 Å². The summed E-state index contributed by atoms with van der Waals surface area (Å²) in [4.78, 5) is 12.3. The summed E-state index contributed by atoms with van der Waals surface area (Å²) in [7, 11) is -3.31. The smallest absolute Gasteiger partial charge is 0.269 e. The summed E-state index contributed by atoms with van der Waals surface area (Å²) in [6.07, 6.45) is 1.97. The molecular weight excluding hydrogens is 388 g/mol. The molecule has 150 valence electrons. The zero-order chi connectivity index (χ0) is 20.8. The predicted octanol–water partition coefficient (Wildman–Crippen LogP) is 2.50. The van der Waals surface area contributed by atoms with Crippen molar-refractivity contribution in [3.8, 4) is 16.9 Å². The predicted molar refractivity (Wildman–Crippen MR) is 112 cm³/mol. The Balaban J connectivity index is 1.89. The molecule has 0 fully saturated rings. The van der Waals surface area contributed by atoms with Gasteiger partial charge in [-0.1, -0.05) is 13.0 Å². The molecule has 0 aliphatic heterocycles. The monoisotopic (exact) mass is 410 g/mol. The number of carbonyl (C=O) groups is 1. The summed E-state index contributed by atoms with van der Waals surface area (Å²) in [5, 5.41) is 4.47. The van der Waals surface area contributed by atoms with E-state index in [4.69, 9.17) is 11.5 Å². The van der Waals surface area contributed by atoms with Crippen LogP contribution in [0.25, 0.3) is 16.9 Å². The topological polar surface area (TPSA) is 121 Å². The quantitative estimate of drug-likeness (QED) is 0.626. The van der Waals surface area contributed by atoms with Crippen LogP contribution in [0.2, 0.25) is 0 Å². The number of nitrogens with zero attached hydrogens (tertiary/aromatic N) is 2. The van der Waals surface area contributed by atoms with Crippen molar-refractivity contribution >= 4 is 21.4 Å². The Morgan fingerprint density at radius 2 is 1.86 bits per heavy atom. The Hall–Kier alpha value is -3.13. The summed E-state index contributed by atoms with van der Waals surface area (Å²) >= 11 is 0. The summed E-state index contributed by atoms with van der Waals surface area (Å²) < 4.78 is 26.3. The van der Waals surface area contributed by atoms with Gasteiger partial charge >= 0.3 is 0 Å². The van der Waals surface area contributed by atoms with Gasteiger partial charge in [-0.2, -0.15) is 5.10 Å². The molecule has 1 aliphatic rings. The molecule has 1 aliphatic carbocycles. The van der Waals surface area contributed by atoms with Crippen LogP contribution >= 0.6 is 0 Å². The minimum atomic E-state index is -3.31. The highest BCUT2D eigenvalue weighted by atomic mass is 32.2. The molecule has 1 heterocycles. The van der Waals surface area contributed by atoms with Gasteiger partial charge in [-0.05, 0) is 61.2 Å². The van der Waals surface area contributed by atoms with Gasteiger partial charge in [0.15, 0.2) is 15.5 Å². The van der Waals surface area contributed by atoms with Crippen LogP contribution in [0, 0.1) is 0 Å². The van der Waals surface area contributed by atoms with E-state index in [1.54, 1.807) is 28.9 Å². The molecule has 0 radical (unpaired) electrons. The first-order chi connectivity index (χ1) is 13.8. The van der Waals surface area contributed by atoms with Gasteiger partial charge < -0.3 is 11.5 Å². The number of rotatable bonds is 5. The third-order valence-corrected chi connectivity index (χ3v) is 7.10. The third-order valence-electron chi connectivity index (χ3n) is 5.16. The van der Waals surface area contributed by atoms with E-state index >= 15 is 0 Å². The summed E-state index contributed by atoms with van der Waals surface area (Å²) in [5.74, 6) is -0.489. The molecule has 4 rings (SSSR count). The van der Waals surface area contributed by atoms with E-state index < -0.39 is 15.7 Å². The van der Waals surface area contributed by atoms with E-state index in [9.17, 15) is 13.2 Å². The van der Waals surface area contributed by atoms with E-state index in [1.807, 2.05) is 25.1 Å². The number of fused-ring (bicyclic) bond motifs is 3. The molecule has 7 nitrogen and oxygen atoms in total. The number of nitrogens with two attached hydrogens (primary N) is 2. The number of aromatic nitrogens is 2. The van der Waals surface area contributed by atoms with Crippen molar-refractivity contribution in [2.75, 3.05) is 11.5 Å². The number of anilines is 1. The van der Waals surface area contributed by atoms with Crippen molar-refractivity contribution in [3.05, 3.63) is 59.3 Å². The second kappa shape index (κ2) is 7.04. The summed E-state index contributed by atoms with van der Waals surface area (Å²) in [6, 6.07) is 12.2. The zero-order valence-corrected chi connectivity index (χ0v) is 16.9. The van der Waals surface area contributed by atoms with Crippen molar-refractivity contribution in [2.24, 2.45) is 5.73 Å². The number of hydrogen-bond donors (Lipinski definition) is 2. The fourth-order valence-corrected chi connectivity index (χ4v) is 5.15. The number of benzene rings is 2. The number of sulfone groups is 1. The minimum Gasteiger partial charge on any atom is -0.399 e. The fourth-order valence-electron chi connectivity index (χ4n) is 3.82. The Labute approximate surface area is 169 Å². The van der Waals surface area contributed by atoms with Crippen LogP contribution in [0.3, 0.4) is 0 Å². The number of carbonyl (C=O) groups excluding carboxylic acids is 1. The molecular formula is C21H22N4O3S. The first-order valence-electron chi connectivity index (χ1n) is 9.45. The lowest BCUT2D eigenvalue weighted by Gasteiger charge is -2.19. The number of aryl methyl sites for hydroxylation is 1. The van der Waals surface area contributed by atoms with Gasteiger partial charge in [-0.25, -0.2) is 13.1 Å². The Morgan fingerprint density at radius 3 is 2.52 bits per heavy atom. The number of nitrogen functional groups attached to an aromatic ring is 1. The molecule has 0 saturated carbocycles. The highest BCUT2D eigenvalue weighted by Gasteiger charge is 2.28. The number of amides is 1. The molecule has 0 atom stereocenters. The lowest BCUT2D eigenvalue weighted by Crippen LogP contribution is -2.15. The second-order valence-electron chi connectivity index (χ2n) is 7.18. The SMILES string of the molecule is CCCS(=O)(=O)c1ccc(-n2nc(C(N)=O)c3c2-c2cc(N)ccc2CC3)cc1. The third kappa shape index (κ3) is 3.29. The van der Waals surface area contributed by atoms with Gasteiger partial charge in [-0.15, -0.1) is 0 Å². The lowest BCUT2D eigenvalue weighted by atomic mass is 9.88. The zero-order valence-electron chi connectivity index (χ0n) is 16.1. The van der Waals surface area contributed by atoms with Gasteiger partial charge in [0, 0.05) is 16.8 Å². The van der Waals surface area contributed by atoms with Crippen LogP contribution in [-0.4, -0.2) is 29.9 Å². The van der Waals surface area contributed by atoms with Crippen LogP contribution in [0.1, 0.15) is 35.0 Å². The van der Waals surface area contributed by atoms with Crippen molar-refractivity contribution < 1.29 is 13.2 Å². The van der Waals surface area contributed by atoms with Crippen molar-refractivity contribution in [1.29, 1.82) is 0 Å². The van der Waals surface area contributed by atoms with Crippen LogP contribution in [0.4, 0.5) is 5.69 Å². The van der Waals surface area contributed by atoms with Crippen LogP contribution in [-0.2, 0) is 22.7 Å². The van der Waals surface area contributed by atoms with E-state index in [0.717, 1.165) is 28.8 Å². The molecule has 29 heavy (non-hydrogen) atoms. The minimum absolute atomic E-state index is 0.0992. The Bertz CT molecular complexity index is 1210. The molecule has 0 saturated heterocycles. The van der Waals surface area contributed by atoms with Crippen molar-refractivity contribution in [3.63, 3.8) is 0 Å². The largest absolute Gasteiger partial charge is 0.399 e. The maximum atomic E-state index is 12.3. The Kier molecular flexibility index (Phi) is 4.66. The molecule has 8 heteroatoms. The standard InChI is InChI=1S/C21H22N4O3S/c1-2-11-29(27,28)16-8-6-15(7-9-16)25-20-17(19(24-25)21(23)26)10-4-13-3-5-14(22)12-18(13)20/h3,5-9,12H,2,4,10-11,22H2,1H3,(H2,23,26). The van der Waals surface area contributed by atoms with Gasteiger partial charge in [0.25, 0.3) is 5.91 Å². The van der Waals surface area contributed by atoms with Gasteiger partial charge in [0.2, 0.25) is 0 Å². The van der Waals surface area contributed by atoms with Gasteiger partial charge in [0.1, 0.15) is 0 Å². The number of primary amides is 1. The second-order valence-corrected chi connectivity index (χ2v) is 9.29. The van der Waals surface area contributed by atoms with Crippen LogP contribution in [0.15, 0.2) is 47.4 Å². The highest BCUT2D eigenvalue weighted by molar-refractivity contribution is 7.91. The van der Waals surface area contributed by atoms with E-state index in [-0.39, 0.29) is 16.3 Å². The van der Waals surface area contributed by atoms with Crippen LogP contribution in [0.5, 0.6) is 0 Å². The van der Waals surface area contributed by atoms with E-state index in [2.05, 4.69) is 5.10 Å². The number of hydrogen-bond acceptors (Lipinski definition) is 5. The van der Waals surface area contributed by atoms with Crippen LogP contribution < -0.4 is 11.5 Å². The average Bonchev–Trinajstić information content (AvgIpc) is 3.08. The summed E-state index contributed by atoms with van der Waals surface area (Å²) in [6.45, 7) is 1.83. The maximum absolute atomic E-state index is 12.3. The molecule has 0 bridgehead atoms. The maximum Gasteiger partial charge on any atom is 0.269 e. The molecule has 4 N–H and O–H groups in total. The lowest BCUT2D eigenvalue weighted by molar-refractivity contribution is 0.0994. The fraction of sp³-hybridized carbons (Fsp3) is 0.238. The summed E-state index contributed by atoms with van der Waals surface area (Å²) in [5.41, 5.74) is 16.7. The first-order valence-corrected chi connectivity index (χ1v) is 11.1. The molecule has 1 aromatic heterocycles. The highest BCUT2D eigenvalue weighted by Crippen LogP contribution is 2.38.